The van der Waals surface area contributed by atoms with E-state index in [9.17, 15) is 4.39 Å². The molecule has 0 atom stereocenters. The molecule has 1 N–H and O–H groups in total. The number of ether oxygens (including phenoxy) is 1. The maximum Gasteiger partial charge on any atom is 0.165 e. The summed E-state index contributed by atoms with van der Waals surface area (Å²) in [4.78, 5) is 0. The van der Waals surface area contributed by atoms with Crippen molar-refractivity contribution in [3.8, 4) is 5.75 Å². The highest BCUT2D eigenvalue weighted by Crippen LogP contribution is 2.24. The van der Waals surface area contributed by atoms with Gasteiger partial charge in [-0.15, -0.1) is 0 Å². The van der Waals surface area contributed by atoms with Crippen LogP contribution in [0, 0.1) is 12.7 Å². The van der Waals surface area contributed by atoms with Crippen molar-refractivity contribution in [2.45, 2.75) is 40.0 Å². The molecular formula is C16H19BrFNO2. The fourth-order valence-corrected chi connectivity index (χ4v) is 2.21. The number of nitrogens with one attached hydrogen (secondary N) is 1. The van der Waals surface area contributed by atoms with Crippen molar-refractivity contribution in [3.63, 3.8) is 0 Å². The van der Waals surface area contributed by atoms with Crippen LogP contribution in [-0.4, -0.2) is 6.04 Å². The van der Waals surface area contributed by atoms with E-state index in [1.165, 1.54) is 6.07 Å². The molecule has 1 aromatic heterocycles. The number of halogens is 2. The number of benzene rings is 1. The lowest BCUT2D eigenvalue weighted by Crippen LogP contribution is -2.21. The van der Waals surface area contributed by atoms with Crippen molar-refractivity contribution in [2.24, 2.45) is 0 Å². The summed E-state index contributed by atoms with van der Waals surface area (Å²) >= 11 is 3.30. The van der Waals surface area contributed by atoms with E-state index in [1.54, 1.807) is 12.1 Å². The topological polar surface area (TPSA) is 34.4 Å². The molecule has 2 rings (SSSR count). The van der Waals surface area contributed by atoms with E-state index in [-0.39, 0.29) is 18.2 Å². The van der Waals surface area contributed by atoms with Crippen LogP contribution >= 0.6 is 15.9 Å². The Kier molecular flexibility index (Phi) is 5.42. The summed E-state index contributed by atoms with van der Waals surface area (Å²) in [6.45, 7) is 6.99. The second kappa shape index (κ2) is 7.09. The van der Waals surface area contributed by atoms with Crippen LogP contribution < -0.4 is 10.1 Å². The molecule has 0 bridgehead atoms. The first kappa shape index (κ1) is 16.0. The molecule has 0 aliphatic rings. The van der Waals surface area contributed by atoms with Gasteiger partial charge in [-0.25, -0.2) is 4.39 Å². The van der Waals surface area contributed by atoms with Gasteiger partial charge in [-0.3, -0.25) is 0 Å². The molecule has 0 fully saturated rings. The highest BCUT2D eigenvalue weighted by Gasteiger charge is 2.10. The summed E-state index contributed by atoms with van der Waals surface area (Å²) in [5.74, 6) is 1.51. The molecule has 2 aromatic rings. The third-order valence-corrected chi connectivity index (χ3v) is 3.53. The molecule has 0 radical (unpaired) electrons. The van der Waals surface area contributed by atoms with Crippen LogP contribution in [0.1, 0.15) is 30.9 Å². The molecule has 0 spiro atoms. The Hall–Kier alpha value is -1.33. The van der Waals surface area contributed by atoms with Crippen molar-refractivity contribution in [3.05, 3.63) is 51.6 Å². The third-order valence-electron chi connectivity index (χ3n) is 3.03. The van der Waals surface area contributed by atoms with Crippen LogP contribution in [0.25, 0.3) is 0 Å². The van der Waals surface area contributed by atoms with E-state index in [2.05, 4.69) is 35.1 Å². The molecule has 21 heavy (non-hydrogen) atoms. The second-order valence-electron chi connectivity index (χ2n) is 5.19. The smallest absolute Gasteiger partial charge is 0.165 e. The summed E-state index contributed by atoms with van der Waals surface area (Å²) in [5.41, 5.74) is 0.926. The zero-order chi connectivity index (χ0) is 15.4. The number of rotatable bonds is 6. The molecule has 1 aromatic carbocycles. The highest BCUT2D eigenvalue weighted by molar-refractivity contribution is 9.10. The minimum atomic E-state index is -0.374. The molecule has 3 nitrogen and oxygen atoms in total. The van der Waals surface area contributed by atoms with Crippen molar-refractivity contribution < 1.29 is 13.5 Å². The Labute approximate surface area is 132 Å². The number of hydrogen-bond donors (Lipinski definition) is 1. The van der Waals surface area contributed by atoms with Gasteiger partial charge in [0.2, 0.25) is 0 Å². The van der Waals surface area contributed by atoms with Crippen LogP contribution in [0.2, 0.25) is 0 Å². The number of furan rings is 1. The molecule has 0 saturated carbocycles. The predicted octanol–water partition coefficient (Wildman–Crippen LogP) is 4.57. The van der Waals surface area contributed by atoms with Gasteiger partial charge in [0.05, 0.1) is 6.54 Å². The van der Waals surface area contributed by atoms with E-state index in [0.717, 1.165) is 21.6 Å². The molecule has 0 unspecified atom stereocenters. The molecule has 1 heterocycles. The Bertz CT molecular complexity index is 610. The van der Waals surface area contributed by atoms with Gasteiger partial charge in [0.25, 0.3) is 0 Å². The Balaban J connectivity index is 2.01. The molecule has 114 valence electrons. The average Bonchev–Trinajstić information content (AvgIpc) is 2.78. The maximum atomic E-state index is 13.6. The molecular weight excluding hydrogens is 337 g/mol. The third kappa shape index (κ3) is 4.58. The molecule has 0 saturated heterocycles. The van der Waals surface area contributed by atoms with Gasteiger partial charge in [0.15, 0.2) is 11.6 Å². The number of aryl methyl sites for hydroxylation is 1. The van der Waals surface area contributed by atoms with Gasteiger partial charge < -0.3 is 14.5 Å². The van der Waals surface area contributed by atoms with E-state index < -0.39 is 0 Å². The van der Waals surface area contributed by atoms with E-state index in [0.29, 0.717) is 12.6 Å². The summed E-state index contributed by atoms with van der Waals surface area (Å²) in [5, 5.41) is 3.29. The summed E-state index contributed by atoms with van der Waals surface area (Å²) in [7, 11) is 0. The Morgan fingerprint density at radius 3 is 2.81 bits per heavy atom. The van der Waals surface area contributed by atoms with Crippen LogP contribution in [0.15, 0.2) is 33.2 Å². The summed E-state index contributed by atoms with van der Waals surface area (Å²) in [6.07, 6.45) is 0. The SMILES string of the molecule is Cc1oc(CNC(C)C)cc1COc1cc(Br)ccc1F. The quantitative estimate of drug-likeness (QED) is 0.824. The lowest BCUT2D eigenvalue weighted by molar-refractivity contribution is 0.287. The van der Waals surface area contributed by atoms with Crippen LogP contribution in [-0.2, 0) is 13.2 Å². The minimum absolute atomic E-state index is 0.229. The zero-order valence-electron chi connectivity index (χ0n) is 12.4. The standard InChI is InChI=1S/C16H19BrFNO2/c1-10(2)19-8-14-6-12(11(3)21-14)9-20-16-7-13(17)4-5-15(16)18/h4-7,10,19H,8-9H2,1-3H3. The molecule has 0 amide bonds. The van der Waals surface area contributed by atoms with Gasteiger partial charge in [-0.05, 0) is 31.2 Å². The molecule has 0 aliphatic heterocycles. The van der Waals surface area contributed by atoms with Crippen LogP contribution in [0.4, 0.5) is 4.39 Å². The lowest BCUT2D eigenvalue weighted by atomic mass is 10.2. The Morgan fingerprint density at radius 1 is 1.33 bits per heavy atom. The van der Waals surface area contributed by atoms with Gasteiger partial charge in [-0.1, -0.05) is 29.8 Å². The minimum Gasteiger partial charge on any atom is -0.486 e. The van der Waals surface area contributed by atoms with Gasteiger partial charge in [0, 0.05) is 16.1 Å². The fourth-order valence-electron chi connectivity index (χ4n) is 1.87. The van der Waals surface area contributed by atoms with E-state index in [4.69, 9.17) is 9.15 Å². The van der Waals surface area contributed by atoms with Gasteiger partial charge in [-0.2, -0.15) is 0 Å². The monoisotopic (exact) mass is 355 g/mol. The predicted molar refractivity (Wildman–Crippen MR) is 83.9 cm³/mol. The summed E-state index contributed by atoms with van der Waals surface area (Å²) < 4.78 is 25.6. The maximum absolute atomic E-state index is 13.6. The molecule has 0 aliphatic carbocycles. The highest BCUT2D eigenvalue weighted by atomic mass is 79.9. The first-order valence-electron chi connectivity index (χ1n) is 6.85. The van der Waals surface area contributed by atoms with Gasteiger partial charge in [0.1, 0.15) is 18.1 Å². The largest absolute Gasteiger partial charge is 0.486 e. The van der Waals surface area contributed by atoms with Crippen molar-refractivity contribution in [1.29, 1.82) is 0 Å². The van der Waals surface area contributed by atoms with Crippen molar-refractivity contribution >= 4 is 15.9 Å². The van der Waals surface area contributed by atoms with Crippen LogP contribution in [0.3, 0.4) is 0 Å². The van der Waals surface area contributed by atoms with Crippen molar-refractivity contribution in [2.75, 3.05) is 0 Å². The van der Waals surface area contributed by atoms with E-state index >= 15 is 0 Å². The first-order chi connectivity index (χ1) is 9.95. The molecule has 5 heteroatoms. The normalized spacial score (nSPS) is 11.1. The lowest BCUT2D eigenvalue weighted by Gasteiger charge is -2.06. The number of hydrogen-bond acceptors (Lipinski definition) is 3. The zero-order valence-corrected chi connectivity index (χ0v) is 14.0. The average molecular weight is 356 g/mol. The van der Waals surface area contributed by atoms with Gasteiger partial charge >= 0.3 is 0 Å². The Morgan fingerprint density at radius 2 is 2.10 bits per heavy atom. The first-order valence-corrected chi connectivity index (χ1v) is 7.64. The fraction of sp³-hybridized carbons (Fsp3) is 0.375. The van der Waals surface area contributed by atoms with Crippen molar-refractivity contribution in [1.82, 2.24) is 5.32 Å². The second-order valence-corrected chi connectivity index (χ2v) is 6.11. The van der Waals surface area contributed by atoms with Crippen LogP contribution in [0.5, 0.6) is 5.75 Å². The summed E-state index contributed by atoms with van der Waals surface area (Å²) in [6, 6.07) is 6.97. The van der Waals surface area contributed by atoms with E-state index in [1.807, 2.05) is 13.0 Å².